The van der Waals surface area contributed by atoms with Crippen molar-refractivity contribution in [1.82, 2.24) is 19.4 Å². The minimum atomic E-state index is 0.0409. The normalized spacial score (nSPS) is 14.4. The second kappa shape index (κ2) is 4.98. The molecule has 0 radical (unpaired) electrons. The maximum Gasteiger partial charge on any atom is 0.270 e. The van der Waals surface area contributed by atoms with Gasteiger partial charge in [0.05, 0.1) is 17.9 Å². The molecule has 0 saturated carbocycles. The van der Waals surface area contributed by atoms with Gasteiger partial charge in [-0.1, -0.05) is 18.2 Å². The maximum atomic E-state index is 12.8. The lowest BCUT2D eigenvalue weighted by molar-refractivity contribution is 0.0725. The Bertz CT molecular complexity index is 847. The number of amides is 1. The summed E-state index contributed by atoms with van der Waals surface area (Å²) in [6, 6.07) is 9.86. The lowest BCUT2D eigenvalue weighted by Gasteiger charge is -2.26. The van der Waals surface area contributed by atoms with Gasteiger partial charge in [-0.3, -0.25) is 4.79 Å². The Hall–Kier alpha value is -2.08. The maximum absolute atomic E-state index is 12.8. The Kier molecular flexibility index (Phi) is 3.07. The molecule has 1 aliphatic rings. The first-order valence-electron chi connectivity index (χ1n) is 7.20. The summed E-state index contributed by atoms with van der Waals surface area (Å²) in [7, 11) is 1.97. The van der Waals surface area contributed by atoms with Crippen LogP contribution in [0.5, 0.6) is 0 Å². The minimum Gasteiger partial charge on any atom is -0.351 e. The molecule has 5 nitrogen and oxygen atoms in total. The van der Waals surface area contributed by atoms with E-state index in [-0.39, 0.29) is 5.91 Å². The molecule has 6 heteroatoms. The van der Waals surface area contributed by atoms with Gasteiger partial charge in [0.2, 0.25) is 0 Å². The molecular weight excluding hydrogens is 344 g/mol. The van der Waals surface area contributed by atoms with E-state index in [0.29, 0.717) is 18.8 Å². The van der Waals surface area contributed by atoms with Crippen molar-refractivity contribution in [3.05, 3.63) is 52.1 Å². The predicted molar refractivity (Wildman–Crippen MR) is 87.7 cm³/mol. The number of imidazole rings is 1. The van der Waals surface area contributed by atoms with Gasteiger partial charge < -0.3 is 14.5 Å². The monoisotopic (exact) mass is 358 g/mol. The zero-order valence-electron chi connectivity index (χ0n) is 12.1. The third-order valence-corrected chi connectivity index (χ3v) is 4.96. The van der Waals surface area contributed by atoms with Gasteiger partial charge in [-0.2, -0.15) is 0 Å². The number of benzene rings is 1. The predicted octanol–water partition coefficient (Wildman–Crippen LogP) is 2.86. The van der Waals surface area contributed by atoms with Gasteiger partial charge in [-0.05, 0) is 28.1 Å². The number of nitrogens with zero attached hydrogens (tertiary/aromatic N) is 3. The Balaban J connectivity index is 1.65. The van der Waals surface area contributed by atoms with E-state index in [4.69, 9.17) is 0 Å². The largest absolute Gasteiger partial charge is 0.351 e. The smallest absolute Gasteiger partial charge is 0.270 e. The van der Waals surface area contributed by atoms with E-state index < -0.39 is 0 Å². The fourth-order valence-corrected chi connectivity index (χ4v) is 3.41. The minimum absolute atomic E-state index is 0.0409. The fraction of sp³-hybridized carbons (Fsp3) is 0.250. The van der Waals surface area contributed by atoms with Crippen LogP contribution in [0.15, 0.2) is 35.1 Å². The van der Waals surface area contributed by atoms with Crippen LogP contribution in [0.1, 0.15) is 21.9 Å². The number of nitrogens with one attached hydrogen (secondary N) is 1. The van der Waals surface area contributed by atoms with E-state index in [1.807, 2.05) is 46.8 Å². The highest BCUT2D eigenvalue weighted by Gasteiger charge is 2.26. The Morgan fingerprint density at radius 1 is 1.36 bits per heavy atom. The van der Waals surface area contributed by atoms with Gasteiger partial charge in [0.1, 0.15) is 5.69 Å². The highest BCUT2D eigenvalue weighted by atomic mass is 79.9. The van der Waals surface area contributed by atoms with Crippen LogP contribution < -0.4 is 0 Å². The third kappa shape index (κ3) is 2.06. The number of aromatic amines is 1. The first-order valence-corrected chi connectivity index (χ1v) is 8.00. The van der Waals surface area contributed by atoms with Crippen LogP contribution in [-0.4, -0.2) is 31.9 Å². The number of rotatable bonds is 1. The second-order valence-electron chi connectivity index (χ2n) is 5.58. The van der Waals surface area contributed by atoms with Crippen molar-refractivity contribution in [2.45, 2.75) is 13.0 Å². The van der Waals surface area contributed by atoms with E-state index in [1.54, 1.807) is 0 Å². The SMILES string of the molecule is Cn1c(Br)nc2c1CN(C(=O)c1cc3ccccc3[nH]1)CC2. The molecular formula is C16H15BrN4O. The van der Waals surface area contributed by atoms with Crippen molar-refractivity contribution >= 4 is 32.7 Å². The molecule has 0 saturated heterocycles. The molecule has 4 rings (SSSR count). The molecule has 112 valence electrons. The van der Waals surface area contributed by atoms with Crippen molar-refractivity contribution in [2.75, 3.05) is 6.54 Å². The van der Waals surface area contributed by atoms with Crippen LogP contribution in [-0.2, 0) is 20.0 Å². The summed E-state index contributed by atoms with van der Waals surface area (Å²) in [5, 5.41) is 1.06. The number of hydrogen-bond donors (Lipinski definition) is 1. The zero-order chi connectivity index (χ0) is 15.3. The van der Waals surface area contributed by atoms with E-state index in [1.165, 1.54) is 0 Å². The molecule has 3 aromatic rings. The number of carbonyl (C=O) groups is 1. The molecule has 0 aliphatic carbocycles. The molecule has 1 N–H and O–H groups in total. The number of aromatic nitrogens is 3. The van der Waals surface area contributed by atoms with Crippen LogP contribution in [0.4, 0.5) is 0 Å². The van der Waals surface area contributed by atoms with Crippen molar-refractivity contribution in [3.8, 4) is 0 Å². The second-order valence-corrected chi connectivity index (χ2v) is 6.29. The van der Waals surface area contributed by atoms with Gasteiger partial charge in [0.25, 0.3) is 5.91 Å². The quantitative estimate of drug-likeness (QED) is 0.727. The summed E-state index contributed by atoms with van der Waals surface area (Å²) in [4.78, 5) is 22.3. The highest BCUT2D eigenvalue weighted by Crippen LogP contribution is 2.24. The number of para-hydroxylation sites is 1. The summed E-state index contributed by atoms with van der Waals surface area (Å²) >= 11 is 3.44. The molecule has 1 aliphatic heterocycles. The summed E-state index contributed by atoms with van der Waals surface area (Å²) in [5.41, 5.74) is 3.82. The highest BCUT2D eigenvalue weighted by molar-refractivity contribution is 9.10. The van der Waals surface area contributed by atoms with Gasteiger partial charge in [-0.15, -0.1) is 0 Å². The van der Waals surface area contributed by atoms with E-state index in [0.717, 1.165) is 33.4 Å². The fourth-order valence-electron chi connectivity index (χ4n) is 2.99. The van der Waals surface area contributed by atoms with Crippen LogP contribution in [0.3, 0.4) is 0 Å². The third-order valence-electron chi connectivity index (χ3n) is 4.25. The number of carbonyl (C=O) groups excluding carboxylic acids is 1. The molecule has 1 amide bonds. The standard InChI is InChI=1S/C16H15BrN4O/c1-20-14-9-21(7-6-12(14)19-16(20)17)15(22)13-8-10-4-2-3-5-11(10)18-13/h2-5,8,18H,6-7,9H2,1H3. The molecule has 22 heavy (non-hydrogen) atoms. The zero-order valence-corrected chi connectivity index (χ0v) is 13.7. The summed E-state index contributed by atoms with van der Waals surface area (Å²) in [6.45, 7) is 1.29. The van der Waals surface area contributed by atoms with Crippen LogP contribution in [0.25, 0.3) is 10.9 Å². The molecule has 0 spiro atoms. The van der Waals surface area contributed by atoms with E-state index >= 15 is 0 Å². The van der Waals surface area contributed by atoms with Crippen LogP contribution in [0, 0.1) is 0 Å². The van der Waals surface area contributed by atoms with Gasteiger partial charge in [0.15, 0.2) is 4.73 Å². The lowest BCUT2D eigenvalue weighted by Crippen LogP contribution is -2.36. The average Bonchev–Trinajstić information content (AvgIpc) is 3.08. The van der Waals surface area contributed by atoms with Crippen molar-refractivity contribution < 1.29 is 4.79 Å². The average molecular weight is 359 g/mol. The number of fused-ring (bicyclic) bond motifs is 2. The van der Waals surface area contributed by atoms with E-state index in [9.17, 15) is 4.79 Å². The molecule has 0 unspecified atom stereocenters. The molecule has 1 aromatic carbocycles. The summed E-state index contributed by atoms with van der Waals surface area (Å²) in [6.07, 6.45) is 0.792. The van der Waals surface area contributed by atoms with Crippen LogP contribution >= 0.6 is 15.9 Å². The van der Waals surface area contributed by atoms with Gasteiger partial charge in [-0.25, -0.2) is 4.98 Å². The first kappa shape index (κ1) is 13.6. The number of halogens is 1. The van der Waals surface area contributed by atoms with Gasteiger partial charge >= 0.3 is 0 Å². The lowest BCUT2D eigenvalue weighted by atomic mass is 10.1. The van der Waals surface area contributed by atoms with Crippen LogP contribution in [0.2, 0.25) is 0 Å². The number of hydrogen-bond acceptors (Lipinski definition) is 2. The van der Waals surface area contributed by atoms with Crippen molar-refractivity contribution in [1.29, 1.82) is 0 Å². The topological polar surface area (TPSA) is 53.9 Å². The van der Waals surface area contributed by atoms with Crippen molar-refractivity contribution in [3.63, 3.8) is 0 Å². The number of H-pyrrole nitrogens is 1. The summed E-state index contributed by atoms with van der Waals surface area (Å²) < 4.78 is 2.82. The Morgan fingerprint density at radius 2 is 2.18 bits per heavy atom. The Labute approximate surface area is 136 Å². The molecule has 3 heterocycles. The van der Waals surface area contributed by atoms with Crippen molar-refractivity contribution in [2.24, 2.45) is 7.05 Å². The molecule has 0 atom stereocenters. The molecule has 0 bridgehead atoms. The Morgan fingerprint density at radius 3 is 3.00 bits per heavy atom. The molecule has 2 aromatic heterocycles. The van der Waals surface area contributed by atoms with E-state index in [2.05, 4.69) is 25.9 Å². The first-order chi connectivity index (χ1) is 10.6. The van der Waals surface area contributed by atoms with Gasteiger partial charge in [0, 0.05) is 30.9 Å². The summed E-state index contributed by atoms with van der Waals surface area (Å²) in [5.74, 6) is 0.0409. The molecule has 0 fully saturated rings.